The first-order valence-corrected chi connectivity index (χ1v) is 7.73. The highest BCUT2D eigenvalue weighted by Crippen LogP contribution is 2.27. The average molecular weight is 337 g/mol. The van der Waals surface area contributed by atoms with Crippen LogP contribution in [0.15, 0.2) is 24.4 Å². The molecule has 1 aromatic heterocycles. The molecule has 1 aromatic carbocycles. The number of carbonyl (C=O) groups excluding carboxylic acids is 1. The summed E-state index contributed by atoms with van der Waals surface area (Å²) in [6.07, 6.45) is 1.80. The van der Waals surface area contributed by atoms with Gasteiger partial charge in [-0.25, -0.2) is 4.79 Å². The van der Waals surface area contributed by atoms with E-state index in [4.69, 9.17) is 16.3 Å². The predicted octanol–water partition coefficient (Wildman–Crippen LogP) is 3.49. The summed E-state index contributed by atoms with van der Waals surface area (Å²) >= 11 is 6.17. The summed E-state index contributed by atoms with van der Waals surface area (Å²) < 4.78 is 7.32. The molecule has 1 heterocycles. The van der Waals surface area contributed by atoms with Crippen LogP contribution in [0.2, 0.25) is 5.02 Å². The minimum Gasteiger partial charge on any atom is -0.491 e. The van der Waals surface area contributed by atoms with Gasteiger partial charge in [-0.15, -0.1) is 0 Å². The van der Waals surface area contributed by atoms with Crippen molar-refractivity contribution in [2.75, 3.05) is 5.32 Å². The number of urea groups is 1. The lowest BCUT2D eigenvalue weighted by atomic mass is 10.2. The quantitative estimate of drug-likeness (QED) is 0.878. The third-order valence-electron chi connectivity index (χ3n) is 3.34. The Hall–Kier alpha value is -2.21. The van der Waals surface area contributed by atoms with Crippen LogP contribution in [-0.4, -0.2) is 21.9 Å². The van der Waals surface area contributed by atoms with Crippen molar-refractivity contribution < 1.29 is 9.53 Å². The summed E-state index contributed by atoms with van der Waals surface area (Å²) in [4.78, 5) is 12.0. The van der Waals surface area contributed by atoms with Crippen molar-refractivity contribution in [2.24, 2.45) is 7.05 Å². The Kier molecular flexibility index (Phi) is 5.50. The molecule has 0 fully saturated rings. The molecule has 0 atom stereocenters. The van der Waals surface area contributed by atoms with Gasteiger partial charge in [0.05, 0.1) is 23.0 Å². The Bertz CT molecular complexity index is 697. The minimum atomic E-state index is -0.326. The topological polar surface area (TPSA) is 68.2 Å². The summed E-state index contributed by atoms with van der Waals surface area (Å²) in [6.45, 7) is 6.23. The van der Waals surface area contributed by atoms with Gasteiger partial charge in [-0.1, -0.05) is 11.6 Å². The largest absolute Gasteiger partial charge is 0.491 e. The van der Waals surface area contributed by atoms with Crippen molar-refractivity contribution in [2.45, 2.75) is 33.4 Å². The fourth-order valence-corrected chi connectivity index (χ4v) is 2.22. The van der Waals surface area contributed by atoms with E-state index in [1.807, 2.05) is 27.8 Å². The van der Waals surface area contributed by atoms with E-state index in [2.05, 4.69) is 15.7 Å². The first-order valence-electron chi connectivity index (χ1n) is 7.35. The van der Waals surface area contributed by atoms with Gasteiger partial charge in [-0.3, -0.25) is 4.68 Å². The van der Waals surface area contributed by atoms with E-state index in [1.54, 1.807) is 29.1 Å². The molecule has 6 nitrogen and oxygen atoms in total. The first kappa shape index (κ1) is 17.1. The fourth-order valence-electron chi connectivity index (χ4n) is 2.00. The van der Waals surface area contributed by atoms with Gasteiger partial charge in [0.2, 0.25) is 0 Å². The third-order valence-corrected chi connectivity index (χ3v) is 3.65. The number of halogens is 1. The normalized spacial score (nSPS) is 10.7. The Morgan fingerprint density at radius 3 is 2.74 bits per heavy atom. The zero-order valence-corrected chi connectivity index (χ0v) is 14.4. The molecule has 2 amide bonds. The van der Waals surface area contributed by atoms with Crippen molar-refractivity contribution in [3.63, 3.8) is 0 Å². The molecule has 2 aromatic rings. The number of anilines is 1. The number of rotatable bonds is 5. The molecule has 124 valence electrons. The van der Waals surface area contributed by atoms with Gasteiger partial charge in [0.1, 0.15) is 5.75 Å². The number of nitrogens with zero attached hydrogens (tertiary/aromatic N) is 2. The monoisotopic (exact) mass is 336 g/mol. The number of nitrogens with one attached hydrogen (secondary N) is 2. The second-order valence-electron chi connectivity index (χ2n) is 5.49. The van der Waals surface area contributed by atoms with Gasteiger partial charge in [-0.2, -0.15) is 5.10 Å². The van der Waals surface area contributed by atoms with Crippen LogP contribution in [0.3, 0.4) is 0 Å². The number of benzene rings is 1. The zero-order valence-electron chi connectivity index (χ0n) is 13.7. The number of hydrogen-bond acceptors (Lipinski definition) is 3. The third kappa shape index (κ3) is 4.63. The number of ether oxygens (including phenoxy) is 1. The van der Waals surface area contributed by atoms with E-state index in [9.17, 15) is 4.79 Å². The molecular weight excluding hydrogens is 316 g/mol. The summed E-state index contributed by atoms with van der Waals surface area (Å²) in [7, 11) is 1.86. The average Bonchev–Trinajstić information content (AvgIpc) is 2.79. The molecule has 0 radical (unpaired) electrons. The lowest BCUT2D eigenvalue weighted by Crippen LogP contribution is -2.28. The summed E-state index contributed by atoms with van der Waals surface area (Å²) in [6, 6.07) is 4.84. The predicted molar refractivity (Wildman–Crippen MR) is 91.0 cm³/mol. The summed E-state index contributed by atoms with van der Waals surface area (Å²) in [5.74, 6) is 0.668. The summed E-state index contributed by atoms with van der Waals surface area (Å²) in [5, 5.41) is 10.1. The zero-order chi connectivity index (χ0) is 17.0. The number of carbonyl (C=O) groups is 1. The Morgan fingerprint density at radius 2 is 2.17 bits per heavy atom. The molecule has 0 aliphatic heterocycles. The number of aryl methyl sites for hydroxylation is 1. The van der Waals surface area contributed by atoms with Crippen LogP contribution in [0.25, 0.3) is 0 Å². The van der Waals surface area contributed by atoms with Gasteiger partial charge in [-0.05, 0) is 32.9 Å². The van der Waals surface area contributed by atoms with E-state index >= 15 is 0 Å². The molecule has 0 aliphatic carbocycles. The van der Waals surface area contributed by atoms with Crippen LogP contribution in [0.1, 0.15) is 25.1 Å². The van der Waals surface area contributed by atoms with Crippen LogP contribution in [-0.2, 0) is 13.6 Å². The van der Waals surface area contributed by atoms with E-state index in [-0.39, 0.29) is 12.1 Å². The molecule has 23 heavy (non-hydrogen) atoms. The highest BCUT2D eigenvalue weighted by molar-refractivity contribution is 6.33. The molecule has 0 unspecified atom stereocenters. The van der Waals surface area contributed by atoms with Crippen molar-refractivity contribution in [1.29, 1.82) is 0 Å². The van der Waals surface area contributed by atoms with Crippen molar-refractivity contribution in [1.82, 2.24) is 15.1 Å². The highest BCUT2D eigenvalue weighted by Gasteiger charge is 2.09. The molecule has 0 saturated heterocycles. The Balaban J connectivity index is 1.93. The van der Waals surface area contributed by atoms with Crippen LogP contribution in [0.5, 0.6) is 5.75 Å². The molecule has 7 heteroatoms. The maximum absolute atomic E-state index is 12.0. The molecule has 2 rings (SSSR count). The SMILES string of the molecule is Cc1c(CNC(=O)Nc2ccc(OC(C)C)cc2Cl)cnn1C. The van der Waals surface area contributed by atoms with Crippen molar-refractivity contribution >= 4 is 23.3 Å². The van der Waals surface area contributed by atoms with Crippen LogP contribution < -0.4 is 15.4 Å². The Labute approximate surface area is 140 Å². The van der Waals surface area contributed by atoms with Gasteiger partial charge in [0.15, 0.2) is 0 Å². The second-order valence-corrected chi connectivity index (χ2v) is 5.90. The second kappa shape index (κ2) is 7.37. The van der Waals surface area contributed by atoms with Gasteiger partial charge >= 0.3 is 6.03 Å². The lowest BCUT2D eigenvalue weighted by Gasteiger charge is -2.12. The van der Waals surface area contributed by atoms with E-state index < -0.39 is 0 Å². The van der Waals surface area contributed by atoms with Crippen LogP contribution in [0.4, 0.5) is 10.5 Å². The van der Waals surface area contributed by atoms with Gasteiger partial charge in [0, 0.05) is 30.9 Å². The molecule has 2 N–H and O–H groups in total. The van der Waals surface area contributed by atoms with Crippen LogP contribution >= 0.6 is 11.6 Å². The van der Waals surface area contributed by atoms with Gasteiger partial charge < -0.3 is 15.4 Å². The maximum Gasteiger partial charge on any atom is 0.319 e. The first-order chi connectivity index (χ1) is 10.9. The highest BCUT2D eigenvalue weighted by atomic mass is 35.5. The van der Waals surface area contributed by atoms with E-state index in [0.717, 1.165) is 11.3 Å². The smallest absolute Gasteiger partial charge is 0.319 e. The Morgan fingerprint density at radius 1 is 1.43 bits per heavy atom. The van der Waals surface area contributed by atoms with Crippen LogP contribution in [0, 0.1) is 6.92 Å². The molecule has 0 aliphatic rings. The lowest BCUT2D eigenvalue weighted by molar-refractivity contribution is 0.242. The fraction of sp³-hybridized carbons (Fsp3) is 0.375. The number of amides is 2. The van der Waals surface area contributed by atoms with Gasteiger partial charge in [0.25, 0.3) is 0 Å². The molecule has 0 bridgehead atoms. The maximum atomic E-state index is 12.0. The molecule has 0 saturated carbocycles. The van der Waals surface area contributed by atoms with Crippen molar-refractivity contribution in [3.8, 4) is 5.75 Å². The molecular formula is C16H21ClN4O2. The summed E-state index contributed by atoms with van der Waals surface area (Å²) in [5.41, 5.74) is 2.51. The van der Waals surface area contributed by atoms with Crippen molar-refractivity contribution in [3.05, 3.63) is 40.7 Å². The molecule has 0 spiro atoms. The number of aromatic nitrogens is 2. The minimum absolute atomic E-state index is 0.0656. The van der Waals surface area contributed by atoms with E-state index in [1.165, 1.54) is 0 Å². The van der Waals surface area contributed by atoms with E-state index in [0.29, 0.717) is 23.0 Å². The number of hydrogen-bond donors (Lipinski definition) is 2. The standard InChI is InChI=1S/C16H21ClN4O2/c1-10(2)23-13-5-6-15(14(17)7-13)20-16(22)18-8-12-9-19-21(4)11(12)3/h5-7,9-10H,8H2,1-4H3,(H2,18,20,22).